The van der Waals surface area contributed by atoms with E-state index in [0.717, 1.165) is 36.3 Å². The van der Waals surface area contributed by atoms with E-state index in [2.05, 4.69) is 17.4 Å². The van der Waals surface area contributed by atoms with Crippen LogP contribution in [0.3, 0.4) is 0 Å². The van der Waals surface area contributed by atoms with Crippen LogP contribution in [0.15, 0.2) is 36.4 Å². The highest BCUT2D eigenvalue weighted by Gasteiger charge is 2.18. The van der Waals surface area contributed by atoms with Crippen LogP contribution in [-0.4, -0.2) is 13.7 Å². The Hall–Kier alpha value is -1.87. The molecule has 0 saturated carbocycles. The van der Waals surface area contributed by atoms with Crippen molar-refractivity contribution >= 4 is 0 Å². The number of fused-ring (bicyclic) bond motifs is 1. The van der Waals surface area contributed by atoms with Crippen molar-refractivity contribution in [3.63, 3.8) is 0 Å². The maximum absolute atomic E-state index is 13.3. The fourth-order valence-corrected chi connectivity index (χ4v) is 3.02. The molecule has 0 spiro atoms. The molecule has 1 N–H and O–H groups in total. The van der Waals surface area contributed by atoms with Crippen LogP contribution in [0.5, 0.6) is 5.75 Å². The predicted molar refractivity (Wildman–Crippen MR) is 82.3 cm³/mol. The first kappa shape index (κ1) is 14.1. The minimum atomic E-state index is -0.190. The van der Waals surface area contributed by atoms with Gasteiger partial charge in [0.15, 0.2) is 0 Å². The highest BCUT2D eigenvalue weighted by Crippen LogP contribution is 2.31. The lowest BCUT2D eigenvalue weighted by Crippen LogP contribution is -2.19. The number of aryl methyl sites for hydroxylation is 2. The zero-order valence-corrected chi connectivity index (χ0v) is 12.4. The number of halogens is 1. The minimum Gasteiger partial charge on any atom is -0.493 e. The molecule has 21 heavy (non-hydrogen) atoms. The monoisotopic (exact) mass is 285 g/mol. The lowest BCUT2D eigenvalue weighted by molar-refractivity contribution is 0.288. The summed E-state index contributed by atoms with van der Waals surface area (Å²) in [6, 6.07) is 11.4. The third kappa shape index (κ3) is 2.79. The summed E-state index contributed by atoms with van der Waals surface area (Å²) < 4.78 is 19.0. The van der Waals surface area contributed by atoms with Crippen LogP contribution in [-0.2, 0) is 6.42 Å². The van der Waals surface area contributed by atoms with Crippen LogP contribution < -0.4 is 10.1 Å². The van der Waals surface area contributed by atoms with Gasteiger partial charge in [-0.25, -0.2) is 4.39 Å². The summed E-state index contributed by atoms with van der Waals surface area (Å²) in [6.07, 6.45) is 2.12. The Labute approximate surface area is 125 Å². The fourth-order valence-electron chi connectivity index (χ4n) is 3.02. The molecule has 1 aliphatic heterocycles. The van der Waals surface area contributed by atoms with E-state index in [1.807, 2.05) is 26.1 Å². The van der Waals surface area contributed by atoms with Gasteiger partial charge in [0.2, 0.25) is 0 Å². The molecule has 1 heterocycles. The van der Waals surface area contributed by atoms with Crippen LogP contribution in [0.25, 0.3) is 0 Å². The lowest BCUT2D eigenvalue weighted by atomic mass is 9.92. The van der Waals surface area contributed by atoms with Crippen molar-refractivity contribution in [2.45, 2.75) is 25.8 Å². The SMILES string of the molecule is CNC(c1ccc2c(c1)CCCO2)c1ccc(F)cc1C. The molecule has 0 aromatic heterocycles. The number of ether oxygens (including phenoxy) is 1. The molecule has 3 rings (SSSR count). The average molecular weight is 285 g/mol. The highest BCUT2D eigenvalue weighted by atomic mass is 19.1. The lowest BCUT2D eigenvalue weighted by Gasteiger charge is -2.23. The van der Waals surface area contributed by atoms with Crippen molar-refractivity contribution in [1.82, 2.24) is 5.32 Å². The van der Waals surface area contributed by atoms with E-state index in [1.165, 1.54) is 17.2 Å². The topological polar surface area (TPSA) is 21.3 Å². The van der Waals surface area contributed by atoms with Crippen LogP contribution in [0.4, 0.5) is 4.39 Å². The van der Waals surface area contributed by atoms with Crippen LogP contribution in [0.1, 0.15) is 34.7 Å². The quantitative estimate of drug-likeness (QED) is 0.927. The molecule has 2 aromatic carbocycles. The molecule has 1 atom stereocenters. The third-order valence-electron chi connectivity index (χ3n) is 4.10. The molecule has 0 saturated heterocycles. The van der Waals surface area contributed by atoms with Crippen LogP contribution in [0.2, 0.25) is 0 Å². The Morgan fingerprint density at radius 2 is 2.05 bits per heavy atom. The normalized spacial score (nSPS) is 15.2. The first-order valence-corrected chi connectivity index (χ1v) is 7.38. The molecule has 110 valence electrons. The number of hydrogen-bond donors (Lipinski definition) is 1. The molecular formula is C18H20FNO. The Kier molecular flexibility index (Phi) is 3.93. The molecule has 1 unspecified atom stereocenters. The largest absolute Gasteiger partial charge is 0.493 e. The summed E-state index contributed by atoms with van der Waals surface area (Å²) in [7, 11) is 1.93. The molecule has 3 heteroatoms. The van der Waals surface area contributed by atoms with Gasteiger partial charge in [-0.2, -0.15) is 0 Å². The van der Waals surface area contributed by atoms with E-state index in [9.17, 15) is 4.39 Å². The second kappa shape index (κ2) is 5.86. The molecule has 0 aliphatic carbocycles. The van der Waals surface area contributed by atoms with Gasteiger partial charge >= 0.3 is 0 Å². The maximum atomic E-state index is 13.3. The number of rotatable bonds is 3. The first-order valence-electron chi connectivity index (χ1n) is 7.38. The van der Waals surface area contributed by atoms with Gasteiger partial charge in [0.1, 0.15) is 11.6 Å². The summed E-state index contributed by atoms with van der Waals surface area (Å²) in [5.41, 5.74) is 4.52. The number of benzene rings is 2. The van der Waals surface area contributed by atoms with Gasteiger partial charge in [-0.1, -0.05) is 18.2 Å². The Morgan fingerprint density at radius 3 is 2.81 bits per heavy atom. The summed E-state index contributed by atoms with van der Waals surface area (Å²) in [5.74, 6) is 0.806. The predicted octanol–water partition coefficient (Wildman–Crippen LogP) is 3.77. The average Bonchev–Trinajstić information content (AvgIpc) is 2.50. The number of hydrogen-bond acceptors (Lipinski definition) is 2. The molecule has 0 radical (unpaired) electrons. The van der Waals surface area contributed by atoms with Gasteiger partial charge in [-0.05, 0) is 67.3 Å². The summed E-state index contributed by atoms with van der Waals surface area (Å²) in [6.45, 7) is 2.75. The number of nitrogens with one attached hydrogen (secondary N) is 1. The Morgan fingerprint density at radius 1 is 1.19 bits per heavy atom. The van der Waals surface area contributed by atoms with Gasteiger partial charge in [0.25, 0.3) is 0 Å². The van der Waals surface area contributed by atoms with Gasteiger partial charge in [-0.15, -0.1) is 0 Å². The van der Waals surface area contributed by atoms with Crippen molar-refractivity contribution in [1.29, 1.82) is 0 Å². The first-order chi connectivity index (χ1) is 10.2. The van der Waals surface area contributed by atoms with E-state index in [0.29, 0.717) is 0 Å². The van der Waals surface area contributed by atoms with E-state index in [4.69, 9.17) is 4.74 Å². The molecule has 0 fully saturated rings. The second-order valence-electron chi connectivity index (χ2n) is 5.54. The third-order valence-corrected chi connectivity index (χ3v) is 4.10. The van der Waals surface area contributed by atoms with E-state index < -0.39 is 0 Å². The van der Waals surface area contributed by atoms with Crippen molar-refractivity contribution < 1.29 is 9.13 Å². The van der Waals surface area contributed by atoms with Gasteiger partial charge < -0.3 is 10.1 Å². The van der Waals surface area contributed by atoms with E-state index >= 15 is 0 Å². The van der Waals surface area contributed by atoms with Gasteiger partial charge in [0, 0.05) is 0 Å². The summed E-state index contributed by atoms with van der Waals surface area (Å²) >= 11 is 0. The molecule has 0 amide bonds. The van der Waals surface area contributed by atoms with Crippen molar-refractivity contribution in [3.8, 4) is 5.75 Å². The Bertz CT molecular complexity index is 654. The zero-order valence-electron chi connectivity index (χ0n) is 12.4. The van der Waals surface area contributed by atoms with Crippen LogP contribution in [0, 0.1) is 12.7 Å². The van der Waals surface area contributed by atoms with Crippen molar-refractivity contribution in [2.75, 3.05) is 13.7 Å². The highest BCUT2D eigenvalue weighted by molar-refractivity contribution is 5.44. The molecule has 1 aliphatic rings. The Balaban J connectivity index is 1.99. The van der Waals surface area contributed by atoms with E-state index in [1.54, 1.807) is 6.07 Å². The molecule has 0 bridgehead atoms. The molecular weight excluding hydrogens is 265 g/mol. The second-order valence-corrected chi connectivity index (χ2v) is 5.54. The van der Waals surface area contributed by atoms with E-state index in [-0.39, 0.29) is 11.9 Å². The van der Waals surface area contributed by atoms with Crippen LogP contribution >= 0.6 is 0 Å². The van der Waals surface area contributed by atoms with Crippen molar-refractivity contribution in [2.24, 2.45) is 0 Å². The van der Waals surface area contributed by atoms with Crippen molar-refractivity contribution in [3.05, 3.63) is 64.5 Å². The minimum absolute atomic E-state index is 0.0674. The zero-order chi connectivity index (χ0) is 14.8. The van der Waals surface area contributed by atoms with Gasteiger partial charge in [-0.3, -0.25) is 0 Å². The maximum Gasteiger partial charge on any atom is 0.123 e. The summed E-state index contributed by atoms with van der Waals surface area (Å²) in [4.78, 5) is 0. The van der Waals surface area contributed by atoms with Gasteiger partial charge in [0.05, 0.1) is 12.6 Å². The molecule has 2 aromatic rings. The summed E-state index contributed by atoms with van der Waals surface area (Å²) in [5, 5.41) is 3.34. The smallest absolute Gasteiger partial charge is 0.123 e. The molecule has 2 nitrogen and oxygen atoms in total. The fraction of sp³-hybridized carbons (Fsp3) is 0.333. The standard InChI is InChI=1S/C18H20FNO/c1-12-10-15(19)6-7-16(12)18(20-2)14-5-8-17-13(11-14)4-3-9-21-17/h5-8,10-11,18,20H,3-4,9H2,1-2H3.